The summed E-state index contributed by atoms with van der Waals surface area (Å²) < 4.78 is 5.55. The van der Waals surface area contributed by atoms with Gasteiger partial charge in [0.05, 0.1) is 5.56 Å². The Balaban J connectivity index is 1.37. The maximum absolute atomic E-state index is 9.57. The fraction of sp³-hybridized carbons (Fsp3) is 0. The predicted molar refractivity (Wildman–Crippen MR) is 173 cm³/mol. The normalized spacial score (nSPS) is 10.9. The molecule has 1 aromatic heterocycles. The standard InChI is InChI=1S/C37H25BN3O2/c42-38-43-34-24-32-14-8-7-13-31(32)23-33(34)37-40-35(29-19-15-27(16-20-29)25-9-3-1-4-10-25)39-36(41-37)30-21-17-28(18-22-30)26-11-5-2-6-12-26/h1-24,42H. The molecule has 0 fully saturated rings. The van der Waals surface area contributed by atoms with Crippen molar-refractivity contribution in [2.45, 2.75) is 0 Å². The Kier molecular flexibility index (Phi) is 7.18. The Morgan fingerprint density at radius 2 is 0.814 bits per heavy atom. The van der Waals surface area contributed by atoms with Crippen LogP contribution in [0, 0.1) is 0 Å². The highest BCUT2D eigenvalue weighted by molar-refractivity contribution is 6.17. The van der Waals surface area contributed by atoms with E-state index in [0.29, 0.717) is 36.5 Å². The van der Waals surface area contributed by atoms with Crippen molar-refractivity contribution < 1.29 is 9.68 Å². The Bertz CT molecular complexity index is 1910. The Morgan fingerprint density at radius 1 is 0.419 bits per heavy atom. The van der Waals surface area contributed by atoms with Gasteiger partial charge in [0.2, 0.25) is 0 Å². The summed E-state index contributed by atoms with van der Waals surface area (Å²) >= 11 is 0. The number of hydrogen-bond acceptors (Lipinski definition) is 5. The van der Waals surface area contributed by atoms with Crippen LogP contribution in [0.5, 0.6) is 5.75 Å². The van der Waals surface area contributed by atoms with E-state index >= 15 is 0 Å². The van der Waals surface area contributed by atoms with Crippen LogP contribution in [0.4, 0.5) is 0 Å². The van der Waals surface area contributed by atoms with Crippen LogP contribution < -0.4 is 4.65 Å². The summed E-state index contributed by atoms with van der Waals surface area (Å²) in [5, 5.41) is 11.6. The molecule has 1 N–H and O–H groups in total. The average Bonchev–Trinajstić information content (AvgIpc) is 3.09. The number of fused-ring (bicyclic) bond motifs is 1. The number of hydrogen-bond donors (Lipinski definition) is 1. The highest BCUT2D eigenvalue weighted by Gasteiger charge is 2.17. The van der Waals surface area contributed by atoms with E-state index in [4.69, 9.17) is 19.6 Å². The number of nitrogens with zero attached hydrogens (tertiary/aromatic N) is 3. The van der Waals surface area contributed by atoms with Crippen molar-refractivity contribution in [1.29, 1.82) is 0 Å². The summed E-state index contributed by atoms with van der Waals surface area (Å²) in [4.78, 5) is 14.8. The van der Waals surface area contributed by atoms with E-state index < -0.39 is 0 Å². The molecule has 203 valence electrons. The summed E-state index contributed by atoms with van der Waals surface area (Å²) in [6.45, 7) is 0. The predicted octanol–water partition coefficient (Wildman–Crippen LogP) is 8.27. The van der Waals surface area contributed by atoms with E-state index in [-0.39, 0.29) is 0 Å². The van der Waals surface area contributed by atoms with Crippen LogP contribution in [0.3, 0.4) is 0 Å². The van der Waals surface area contributed by atoms with Crippen molar-refractivity contribution in [3.8, 4) is 62.2 Å². The van der Waals surface area contributed by atoms with Crippen LogP contribution in [0.25, 0.3) is 67.2 Å². The molecule has 6 heteroatoms. The first-order chi connectivity index (χ1) is 21.2. The van der Waals surface area contributed by atoms with Gasteiger partial charge in [-0.1, -0.05) is 133 Å². The molecule has 0 saturated carbocycles. The van der Waals surface area contributed by atoms with Crippen LogP contribution in [0.2, 0.25) is 0 Å². The molecule has 0 aliphatic heterocycles. The summed E-state index contributed by atoms with van der Waals surface area (Å²) in [6.07, 6.45) is 0. The van der Waals surface area contributed by atoms with E-state index in [9.17, 15) is 5.02 Å². The zero-order valence-corrected chi connectivity index (χ0v) is 23.1. The van der Waals surface area contributed by atoms with Gasteiger partial charge >= 0.3 is 7.69 Å². The second-order valence-electron chi connectivity index (χ2n) is 10.1. The van der Waals surface area contributed by atoms with Gasteiger partial charge in [0, 0.05) is 11.1 Å². The van der Waals surface area contributed by atoms with E-state index in [1.54, 1.807) is 0 Å². The fourth-order valence-electron chi connectivity index (χ4n) is 5.19. The molecule has 0 amide bonds. The van der Waals surface area contributed by atoms with E-state index in [1.807, 2.05) is 97.1 Å². The zero-order valence-electron chi connectivity index (χ0n) is 23.1. The molecule has 1 radical (unpaired) electrons. The number of rotatable bonds is 7. The van der Waals surface area contributed by atoms with Crippen molar-refractivity contribution in [3.63, 3.8) is 0 Å². The molecule has 0 spiro atoms. The minimum Gasteiger partial charge on any atom is -0.537 e. The largest absolute Gasteiger partial charge is 0.569 e. The van der Waals surface area contributed by atoms with Crippen LogP contribution in [-0.4, -0.2) is 27.7 Å². The molecule has 7 aromatic rings. The van der Waals surface area contributed by atoms with Gasteiger partial charge < -0.3 is 9.68 Å². The second-order valence-corrected chi connectivity index (χ2v) is 10.1. The van der Waals surface area contributed by atoms with Gasteiger partial charge in [-0.2, -0.15) is 0 Å². The molecular formula is C37H25BN3O2. The molecule has 43 heavy (non-hydrogen) atoms. The third-order valence-electron chi connectivity index (χ3n) is 7.40. The molecule has 7 rings (SSSR count). The highest BCUT2D eigenvalue weighted by Crippen LogP contribution is 2.35. The van der Waals surface area contributed by atoms with E-state index in [2.05, 4.69) is 48.5 Å². The molecule has 0 unspecified atom stereocenters. The quantitative estimate of drug-likeness (QED) is 0.201. The topological polar surface area (TPSA) is 68.1 Å². The molecule has 0 aliphatic carbocycles. The van der Waals surface area contributed by atoms with Gasteiger partial charge in [-0.3, -0.25) is 0 Å². The number of benzene rings is 6. The molecular weight excluding hydrogens is 529 g/mol. The summed E-state index contributed by atoms with van der Waals surface area (Å²) in [6, 6.07) is 48.8. The molecule has 0 aliphatic rings. The van der Waals surface area contributed by atoms with Crippen molar-refractivity contribution in [3.05, 3.63) is 146 Å². The van der Waals surface area contributed by atoms with Crippen LogP contribution in [0.1, 0.15) is 0 Å². The Hall–Kier alpha value is -5.59. The maximum Gasteiger partial charge on any atom is 0.569 e. The van der Waals surface area contributed by atoms with Crippen molar-refractivity contribution in [1.82, 2.24) is 15.0 Å². The van der Waals surface area contributed by atoms with Gasteiger partial charge in [0.25, 0.3) is 0 Å². The van der Waals surface area contributed by atoms with Crippen molar-refractivity contribution in [2.75, 3.05) is 0 Å². The lowest BCUT2D eigenvalue weighted by atomic mass is 10.0. The Labute approximate surface area is 250 Å². The van der Waals surface area contributed by atoms with Gasteiger partial charge in [0.1, 0.15) is 5.75 Å². The number of aromatic nitrogens is 3. The molecule has 5 nitrogen and oxygen atoms in total. The maximum atomic E-state index is 9.57. The summed E-state index contributed by atoms with van der Waals surface area (Å²) in [7, 11) is 0.682. The molecule has 6 aromatic carbocycles. The third-order valence-corrected chi connectivity index (χ3v) is 7.40. The first kappa shape index (κ1) is 26.3. The molecule has 0 saturated heterocycles. The SMILES string of the molecule is O[B]Oc1cc2ccccc2cc1-c1nc(-c2ccc(-c3ccccc3)cc2)nc(-c2ccc(-c3ccccc3)cc2)n1. The van der Waals surface area contributed by atoms with E-state index in [0.717, 1.165) is 44.2 Å². The molecule has 0 bridgehead atoms. The zero-order chi connectivity index (χ0) is 29.0. The fourth-order valence-corrected chi connectivity index (χ4v) is 5.19. The molecule has 0 atom stereocenters. The van der Waals surface area contributed by atoms with Gasteiger partial charge in [-0.15, -0.1) is 0 Å². The minimum atomic E-state index is 0.446. The first-order valence-electron chi connectivity index (χ1n) is 14.0. The van der Waals surface area contributed by atoms with Crippen molar-refractivity contribution in [2.24, 2.45) is 0 Å². The van der Waals surface area contributed by atoms with Gasteiger partial charge in [0.15, 0.2) is 17.5 Å². The molecule has 1 heterocycles. The third kappa shape index (κ3) is 5.52. The first-order valence-corrected chi connectivity index (χ1v) is 14.0. The highest BCUT2D eigenvalue weighted by atomic mass is 16.5. The van der Waals surface area contributed by atoms with Gasteiger partial charge in [-0.25, -0.2) is 15.0 Å². The lowest BCUT2D eigenvalue weighted by molar-refractivity contribution is 0.455. The van der Waals surface area contributed by atoms with Crippen LogP contribution >= 0.6 is 0 Å². The van der Waals surface area contributed by atoms with Crippen LogP contribution in [0.15, 0.2) is 146 Å². The lowest BCUT2D eigenvalue weighted by Crippen LogP contribution is -2.04. The Morgan fingerprint density at radius 3 is 1.30 bits per heavy atom. The second kappa shape index (κ2) is 11.7. The van der Waals surface area contributed by atoms with Crippen molar-refractivity contribution >= 4 is 18.5 Å². The summed E-state index contributed by atoms with van der Waals surface area (Å²) in [5.74, 6) is 1.97. The van der Waals surface area contributed by atoms with Gasteiger partial charge in [-0.05, 0) is 45.2 Å². The van der Waals surface area contributed by atoms with E-state index in [1.165, 1.54) is 0 Å². The average molecular weight is 554 g/mol. The summed E-state index contributed by atoms with van der Waals surface area (Å²) in [5.41, 5.74) is 6.88. The monoisotopic (exact) mass is 554 g/mol. The lowest BCUT2D eigenvalue weighted by Gasteiger charge is -2.13. The smallest absolute Gasteiger partial charge is 0.537 e. The van der Waals surface area contributed by atoms with Crippen LogP contribution in [-0.2, 0) is 0 Å². The minimum absolute atomic E-state index is 0.446.